The van der Waals surface area contributed by atoms with Crippen LogP contribution in [0.2, 0.25) is 0 Å². The van der Waals surface area contributed by atoms with Gasteiger partial charge in [0.05, 0.1) is 158 Å². The van der Waals surface area contributed by atoms with Crippen molar-refractivity contribution in [1.82, 2.24) is 54.8 Å². The van der Waals surface area contributed by atoms with E-state index >= 15 is 0 Å². The largest absolute Gasteiger partial charge is 0.507 e. The van der Waals surface area contributed by atoms with Gasteiger partial charge in [-0.15, -0.1) is 56.7 Å². The van der Waals surface area contributed by atoms with E-state index < -0.39 is 0 Å². The van der Waals surface area contributed by atoms with E-state index in [-0.39, 0.29) is 13.2 Å². The molecule has 2 aliphatic carbocycles. The summed E-state index contributed by atoms with van der Waals surface area (Å²) in [5, 5.41) is 15.0. The van der Waals surface area contributed by atoms with E-state index in [1.54, 1.807) is 81.2 Å². The zero-order valence-electron chi connectivity index (χ0n) is 77.9. The number of aliphatic imine (C=N–C) groups is 9. The number of para-hydroxylation sites is 11. The smallest absolute Gasteiger partial charge is 0.217 e. The first-order valence-electron chi connectivity index (χ1n) is 46.2. The summed E-state index contributed by atoms with van der Waals surface area (Å²) < 4.78 is 17.4. The first-order chi connectivity index (χ1) is 68.8. The standard InChI is InChI=1S/C18H15N3S.C17H15N3O.C17H15N3S.C16H14N2OS.C15H13N3O.C15H13N3S.C14H13N3S.CH4/c1-12(16-10-13-6-2-3-7-14(13)20-16)19-11-18-21-15-8-4-5-9-17(15)22-18;2*1-2-9-15-13(7-1)20-16(21-15)11-19-14-8-3-5-12-6-4-10-18-17(12)14;1-11(12-6-2-4-8-14(12)19)17-10-16-18-13-7-3-5-9-15(13)20-16;2*1-11(12-6-4-5-9-16-12)17-10-15-18-13-7-2-3-8-14(13)19-15;1-10(11-6-4-8-15-11)16-9-14-17-12-5-2-3-7-13(12)18-14;/h2-9H,10-11H2,1H3;2*1-2,4,6-7,9-10H,3,5,8,11H2;2-9,19H,10H2,1H3;2*2-9H,10H2,1H3;2-5,7-8H,6,9H2,1H3;1H4. The van der Waals surface area contributed by atoms with Gasteiger partial charge in [-0.3, -0.25) is 64.9 Å². The van der Waals surface area contributed by atoms with E-state index in [1.165, 1.54) is 40.2 Å². The van der Waals surface area contributed by atoms with Crippen LogP contribution >= 0.6 is 56.7 Å². The van der Waals surface area contributed by atoms with Crippen LogP contribution in [0.15, 0.2) is 370 Å². The fraction of sp³-hybridized carbons (Fsp3) is 0.186. The number of fused-ring (bicyclic) bond motifs is 10. The van der Waals surface area contributed by atoms with Crippen molar-refractivity contribution in [3.63, 3.8) is 0 Å². The second-order valence-electron chi connectivity index (χ2n) is 32.8. The number of hydrogen-bond donors (Lipinski definition) is 1. The Bertz CT molecular complexity index is 7550. The third-order valence-electron chi connectivity index (χ3n) is 22.9. The molecule has 0 atom stereocenters. The Morgan fingerprint density at radius 2 is 0.695 bits per heavy atom. The molecule has 0 bridgehead atoms. The first-order valence-corrected chi connectivity index (χ1v) is 50.3. The van der Waals surface area contributed by atoms with Crippen molar-refractivity contribution in [2.75, 3.05) is 0 Å². The minimum atomic E-state index is 0. The molecule has 0 spiro atoms. The minimum Gasteiger partial charge on any atom is -0.507 e. The molecule has 11 aromatic heterocycles. The Labute approximate surface area is 837 Å². The van der Waals surface area contributed by atoms with Gasteiger partial charge in [0.15, 0.2) is 11.2 Å². The lowest BCUT2D eigenvalue weighted by Crippen LogP contribution is -2.14. The molecule has 0 saturated carbocycles. The molecule has 1 N–H and O–H groups in total. The quantitative estimate of drug-likeness (QED) is 0.0736. The average molecular weight is 1950 g/mol. The highest BCUT2D eigenvalue weighted by Gasteiger charge is 2.21. The van der Waals surface area contributed by atoms with Crippen LogP contribution in [-0.4, -0.2) is 111 Å². The minimum absolute atomic E-state index is 0. The van der Waals surface area contributed by atoms with Crippen molar-refractivity contribution in [1.29, 1.82) is 0 Å². The molecule has 0 amide bonds. The summed E-state index contributed by atoms with van der Waals surface area (Å²) in [6, 6.07) is 91.8. The Kier molecular flexibility index (Phi) is 33.2. The molecule has 23 nitrogen and oxygen atoms in total. The number of aromatic hydroxyl groups is 1. The Morgan fingerprint density at radius 3 is 1.13 bits per heavy atom. The molecule has 24 rings (SSSR count). The van der Waals surface area contributed by atoms with Gasteiger partial charge >= 0.3 is 0 Å². The molecule has 0 fully saturated rings. The van der Waals surface area contributed by atoms with Gasteiger partial charge in [0.25, 0.3) is 0 Å². The van der Waals surface area contributed by atoms with Crippen LogP contribution in [0.1, 0.15) is 156 Å². The highest BCUT2D eigenvalue weighted by molar-refractivity contribution is 7.20. The van der Waals surface area contributed by atoms with Crippen LogP contribution in [0.25, 0.3) is 73.3 Å². The van der Waals surface area contributed by atoms with Crippen LogP contribution in [0, 0.1) is 0 Å². The molecule has 0 unspecified atom stereocenters. The summed E-state index contributed by atoms with van der Waals surface area (Å²) in [7, 11) is 0. The van der Waals surface area contributed by atoms with Crippen LogP contribution in [0.4, 0.5) is 5.69 Å². The number of aromatic nitrogens is 11. The number of phenolic OH excluding ortho intramolecular Hbond substituents is 1. The average Bonchev–Trinajstić information content (AvgIpc) is 1.74. The van der Waals surface area contributed by atoms with Gasteiger partial charge in [0.1, 0.15) is 54.9 Å². The molecule has 0 saturated heterocycles. The molecular weight excluding hydrogens is 1850 g/mol. The SMILES string of the molecule is C.CC(=NCc1nc2ccccc2o1)c1ccccn1.CC(=NCc1nc2ccccc2s1)C1=NC=CC1.CC(=NCc1nc2ccccc2s1)C1=Nc2ccccc2C1.CC(=NCc1nc2ccccc2s1)c1ccccc1O.CC(=NCc1nc2ccccc2s1)c1ccccn1.c1cnc2c(c1)CCCC2=NCc1nc2ccccc2o1.c1cnc2c(c1)CCCC2=NCc1nc2ccccc2s1. The summed E-state index contributed by atoms with van der Waals surface area (Å²) in [6.07, 6.45) is 19.4. The number of nitrogens with zero attached hydrogens (tertiary/aromatic N) is 20. The fourth-order valence-corrected chi connectivity index (χ4v) is 20.2. The molecular formula is C113H102N20O3S5. The monoisotopic (exact) mass is 1950 g/mol. The second kappa shape index (κ2) is 48.2. The van der Waals surface area contributed by atoms with Crippen molar-refractivity contribution >= 4 is 187 Å². The third-order valence-corrected chi connectivity index (χ3v) is 28.0. The molecule has 28 heteroatoms. The van der Waals surface area contributed by atoms with Gasteiger partial charge in [0, 0.05) is 55.1 Å². The van der Waals surface area contributed by atoms with Crippen LogP contribution in [-0.2, 0) is 65.1 Å². The number of hydrogen-bond acceptors (Lipinski definition) is 28. The summed E-state index contributed by atoms with van der Waals surface area (Å²) in [6.45, 7) is 13.9. The number of thiazole rings is 5. The Balaban J connectivity index is 0.000000113. The van der Waals surface area contributed by atoms with Crippen molar-refractivity contribution in [3.8, 4) is 5.75 Å². The number of phenols is 1. The van der Waals surface area contributed by atoms with Crippen LogP contribution < -0.4 is 0 Å². The maximum Gasteiger partial charge on any atom is 0.217 e. The lowest BCUT2D eigenvalue weighted by atomic mass is 9.94. The van der Waals surface area contributed by atoms with Crippen LogP contribution in [0.3, 0.4) is 0 Å². The highest BCUT2D eigenvalue weighted by atomic mass is 32.1. The maximum atomic E-state index is 9.80. The van der Waals surface area contributed by atoms with Crippen molar-refractivity contribution in [3.05, 3.63) is 398 Å². The number of oxazole rings is 2. The van der Waals surface area contributed by atoms with Crippen molar-refractivity contribution < 1.29 is 13.9 Å². The summed E-state index contributed by atoms with van der Waals surface area (Å²) in [5.74, 6) is 1.54. The molecule has 4 aliphatic rings. The van der Waals surface area contributed by atoms with E-state index in [1.807, 2.05) is 253 Å². The molecule has 20 aromatic rings. The summed E-state index contributed by atoms with van der Waals surface area (Å²) in [5.41, 5.74) is 27.3. The number of rotatable bonds is 19. The molecule has 13 heterocycles. The summed E-state index contributed by atoms with van der Waals surface area (Å²) in [4.78, 5) is 90.5. The first kappa shape index (κ1) is 97.2. The van der Waals surface area contributed by atoms with Gasteiger partial charge in [0.2, 0.25) is 11.8 Å². The molecule has 141 heavy (non-hydrogen) atoms. The van der Waals surface area contributed by atoms with Crippen LogP contribution in [0.5, 0.6) is 5.75 Å². The van der Waals surface area contributed by atoms with E-state index in [9.17, 15) is 5.11 Å². The lowest BCUT2D eigenvalue weighted by molar-refractivity contribution is 0.474. The van der Waals surface area contributed by atoms with Gasteiger partial charge in [-0.25, -0.2) is 34.9 Å². The van der Waals surface area contributed by atoms with E-state index in [0.717, 1.165) is 212 Å². The zero-order chi connectivity index (χ0) is 95.6. The molecule has 9 aromatic carbocycles. The number of aryl methyl sites for hydroxylation is 2. The lowest BCUT2D eigenvalue weighted by Gasteiger charge is -2.16. The van der Waals surface area contributed by atoms with E-state index in [2.05, 4.69) is 168 Å². The number of allylic oxidation sites excluding steroid dienone is 1. The fourth-order valence-electron chi connectivity index (χ4n) is 15.7. The number of pyridine rings is 4. The van der Waals surface area contributed by atoms with Gasteiger partial charge in [-0.05, 0) is 229 Å². The summed E-state index contributed by atoms with van der Waals surface area (Å²) >= 11 is 8.50. The Hall–Kier alpha value is -15.5. The zero-order valence-corrected chi connectivity index (χ0v) is 82.0. The predicted molar refractivity (Wildman–Crippen MR) is 584 cm³/mol. The second-order valence-corrected chi connectivity index (χ2v) is 38.3. The Morgan fingerprint density at radius 1 is 0.326 bits per heavy atom. The van der Waals surface area contributed by atoms with E-state index in [4.69, 9.17) is 13.8 Å². The molecule has 702 valence electrons. The maximum absolute atomic E-state index is 9.80. The van der Waals surface area contributed by atoms with E-state index in [0.29, 0.717) is 57.6 Å². The van der Waals surface area contributed by atoms with Gasteiger partial charge < -0.3 is 13.9 Å². The molecule has 2 aliphatic heterocycles. The topological polar surface area (TPSA) is 300 Å². The molecule has 0 radical (unpaired) electrons. The van der Waals surface area contributed by atoms with Crippen molar-refractivity contribution in [2.45, 2.75) is 139 Å². The van der Waals surface area contributed by atoms with Gasteiger partial charge in [-0.1, -0.05) is 153 Å². The highest BCUT2D eigenvalue weighted by Crippen LogP contribution is 2.32. The van der Waals surface area contributed by atoms with Gasteiger partial charge in [-0.2, -0.15) is 0 Å². The number of benzene rings is 9. The van der Waals surface area contributed by atoms with Crippen molar-refractivity contribution in [2.24, 2.45) is 44.9 Å². The third kappa shape index (κ3) is 26.1. The normalized spacial score (nSPS) is 14.0. The predicted octanol–water partition coefficient (Wildman–Crippen LogP) is 27.3.